The lowest BCUT2D eigenvalue weighted by atomic mass is 9.90. The zero-order valence-electron chi connectivity index (χ0n) is 9.78. The lowest BCUT2D eigenvalue weighted by molar-refractivity contribution is -0.140. The van der Waals surface area contributed by atoms with Gasteiger partial charge in [0.1, 0.15) is 0 Å². The highest BCUT2D eigenvalue weighted by molar-refractivity contribution is 5.84. The van der Waals surface area contributed by atoms with E-state index in [1.165, 1.54) is 5.56 Å². The van der Waals surface area contributed by atoms with E-state index in [-0.39, 0.29) is 0 Å². The summed E-state index contributed by atoms with van der Waals surface area (Å²) in [6.07, 6.45) is 2.73. The Balaban J connectivity index is 1.91. The molecule has 1 aromatic carbocycles. The molecule has 3 rings (SSSR count). The van der Waals surface area contributed by atoms with Crippen LogP contribution in [0.4, 0.5) is 0 Å². The van der Waals surface area contributed by atoms with E-state index in [1.54, 1.807) is 0 Å². The molecule has 1 atom stereocenters. The fraction of sp³-hybridized carbons (Fsp3) is 0.500. The average Bonchev–Trinajstić information content (AvgIpc) is 2.98. The number of carboxylic acids is 1. The molecule has 1 heterocycles. The fourth-order valence-corrected chi connectivity index (χ4v) is 2.78. The van der Waals surface area contributed by atoms with E-state index >= 15 is 0 Å². The maximum atomic E-state index is 11.3. The molecule has 2 fully saturated rings. The van der Waals surface area contributed by atoms with Gasteiger partial charge in [-0.3, -0.25) is 4.79 Å². The number of nitrogens with one attached hydrogen (secondary N) is 1. The van der Waals surface area contributed by atoms with Crippen molar-refractivity contribution < 1.29 is 9.90 Å². The number of hydrogen-bond acceptors (Lipinski definition) is 2. The third-order valence-corrected chi connectivity index (χ3v) is 4.13. The molecular weight excluding hydrogens is 214 g/mol. The average molecular weight is 231 g/mol. The van der Waals surface area contributed by atoms with Gasteiger partial charge in [-0.1, -0.05) is 24.3 Å². The van der Waals surface area contributed by atoms with Crippen LogP contribution in [0.3, 0.4) is 0 Å². The molecule has 0 bridgehead atoms. The molecule has 0 aromatic heterocycles. The molecule has 2 N–H and O–H groups in total. The molecule has 3 heteroatoms. The van der Waals surface area contributed by atoms with Crippen LogP contribution >= 0.6 is 0 Å². The molecule has 0 spiro atoms. The van der Waals surface area contributed by atoms with Crippen LogP contribution in [0.15, 0.2) is 24.3 Å². The Labute approximate surface area is 101 Å². The Hall–Kier alpha value is -1.35. The number of benzene rings is 1. The molecule has 0 radical (unpaired) electrons. The highest BCUT2D eigenvalue weighted by Crippen LogP contribution is 2.48. The SMILES string of the molecule is O=C(O)C1(c2cccc(C3CCNC3)c2)CC1. The summed E-state index contributed by atoms with van der Waals surface area (Å²) < 4.78 is 0. The summed E-state index contributed by atoms with van der Waals surface area (Å²) in [5.74, 6) is -0.112. The summed E-state index contributed by atoms with van der Waals surface area (Å²) in [5.41, 5.74) is 1.72. The summed E-state index contributed by atoms with van der Waals surface area (Å²) >= 11 is 0. The van der Waals surface area contributed by atoms with Gasteiger partial charge in [-0.2, -0.15) is 0 Å². The predicted octanol–water partition coefficient (Wildman–Crippen LogP) is 1.88. The molecule has 1 saturated carbocycles. The van der Waals surface area contributed by atoms with Gasteiger partial charge in [-0.25, -0.2) is 0 Å². The molecule has 0 amide bonds. The van der Waals surface area contributed by atoms with Crippen LogP contribution in [-0.2, 0) is 10.2 Å². The first-order chi connectivity index (χ1) is 8.22. The monoisotopic (exact) mass is 231 g/mol. The molecule has 1 saturated heterocycles. The topological polar surface area (TPSA) is 49.3 Å². The predicted molar refractivity (Wildman–Crippen MR) is 65.2 cm³/mol. The van der Waals surface area contributed by atoms with Gasteiger partial charge >= 0.3 is 5.97 Å². The molecule has 3 nitrogen and oxygen atoms in total. The van der Waals surface area contributed by atoms with Gasteiger partial charge < -0.3 is 10.4 Å². The van der Waals surface area contributed by atoms with E-state index in [0.29, 0.717) is 5.92 Å². The van der Waals surface area contributed by atoms with Crippen LogP contribution in [0.25, 0.3) is 0 Å². The molecule has 2 aliphatic rings. The summed E-state index contributed by atoms with van der Waals surface area (Å²) in [6.45, 7) is 2.09. The standard InChI is InChI=1S/C14H17NO2/c16-13(17)14(5-6-14)12-3-1-2-10(8-12)11-4-7-15-9-11/h1-3,8,11,15H,4-7,9H2,(H,16,17). The van der Waals surface area contributed by atoms with Crippen molar-refractivity contribution >= 4 is 5.97 Å². The van der Waals surface area contributed by atoms with Crippen LogP contribution in [0.2, 0.25) is 0 Å². The highest BCUT2D eigenvalue weighted by Gasteiger charge is 2.51. The molecule has 1 unspecified atom stereocenters. The maximum Gasteiger partial charge on any atom is 0.314 e. The van der Waals surface area contributed by atoms with Gasteiger partial charge in [0.25, 0.3) is 0 Å². The van der Waals surface area contributed by atoms with Gasteiger partial charge in [-0.05, 0) is 42.9 Å². The Morgan fingerprint density at radius 1 is 1.41 bits per heavy atom. The fourth-order valence-electron chi connectivity index (χ4n) is 2.78. The number of carbonyl (C=O) groups is 1. The lowest BCUT2D eigenvalue weighted by Gasteiger charge is -2.14. The minimum Gasteiger partial charge on any atom is -0.481 e. The van der Waals surface area contributed by atoms with E-state index in [2.05, 4.69) is 17.4 Å². The van der Waals surface area contributed by atoms with Crippen molar-refractivity contribution in [3.63, 3.8) is 0 Å². The van der Waals surface area contributed by atoms with E-state index in [9.17, 15) is 9.90 Å². The summed E-state index contributed by atoms with van der Waals surface area (Å²) in [6, 6.07) is 8.21. The van der Waals surface area contributed by atoms with Gasteiger partial charge in [-0.15, -0.1) is 0 Å². The van der Waals surface area contributed by atoms with Crippen molar-refractivity contribution in [1.29, 1.82) is 0 Å². The van der Waals surface area contributed by atoms with Gasteiger partial charge in [0.05, 0.1) is 5.41 Å². The maximum absolute atomic E-state index is 11.3. The number of rotatable bonds is 3. The van der Waals surface area contributed by atoms with E-state index in [4.69, 9.17) is 0 Å². The summed E-state index contributed by atoms with van der Waals surface area (Å²) in [4.78, 5) is 11.3. The normalized spacial score (nSPS) is 25.8. The molecular formula is C14H17NO2. The van der Waals surface area contributed by atoms with Crippen LogP contribution in [-0.4, -0.2) is 24.2 Å². The van der Waals surface area contributed by atoms with E-state index in [1.807, 2.05) is 12.1 Å². The molecule has 90 valence electrons. The summed E-state index contributed by atoms with van der Waals surface area (Å²) in [7, 11) is 0. The molecule has 1 aliphatic heterocycles. The second-order valence-corrected chi connectivity index (χ2v) is 5.20. The van der Waals surface area contributed by atoms with Crippen molar-refractivity contribution in [3.8, 4) is 0 Å². The van der Waals surface area contributed by atoms with Gasteiger partial charge in [0, 0.05) is 6.54 Å². The minimum absolute atomic E-state index is 0.555. The number of hydrogen-bond donors (Lipinski definition) is 2. The number of aliphatic carboxylic acids is 1. The zero-order valence-corrected chi connectivity index (χ0v) is 9.78. The number of carboxylic acid groups (broad SMARTS) is 1. The van der Waals surface area contributed by atoms with Crippen molar-refractivity contribution in [2.24, 2.45) is 0 Å². The third-order valence-electron chi connectivity index (χ3n) is 4.13. The Morgan fingerprint density at radius 2 is 2.24 bits per heavy atom. The first-order valence-corrected chi connectivity index (χ1v) is 6.27. The van der Waals surface area contributed by atoms with E-state index < -0.39 is 11.4 Å². The van der Waals surface area contributed by atoms with Crippen molar-refractivity contribution in [2.45, 2.75) is 30.6 Å². The molecule has 1 aliphatic carbocycles. The minimum atomic E-state index is -0.667. The van der Waals surface area contributed by atoms with Crippen LogP contribution < -0.4 is 5.32 Å². The zero-order chi connectivity index (χ0) is 11.9. The quantitative estimate of drug-likeness (QED) is 0.835. The molecule has 17 heavy (non-hydrogen) atoms. The Kier molecular flexibility index (Phi) is 2.44. The van der Waals surface area contributed by atoms with Crippen LogP contribution in [0.1, 0.15) is 36.3 Å². The van der Waals surface area contributed by atoms with Crippen molar-refractivity contribution in [3.05, 3.63) is 35.4 Å². The van der Waals surface area contributed by atoms with Crippen molar-refractivity contribution in [1.82, 2.24) is 5.32 Å². The second-order valence-electron chi connectivity index (χ2n) is 5.20. The van der Waals surface area contributed by atoms with Crippen molar-refractivity contribution in [2.75, 3.05) is 13.1 Å². The molecule has 1 aromatic rings. The Bertz CT molecular complexity index is 445. The third kappa shape index (κ3) is 1.75. The summed E-state index contributed by atoms with van der Waals surface area (Å²) in [5, 5.41) is 12.7. The smallest absolute Gasteiger partial charge is 0.314 e. The van der Waals surface area contributed by atoms with Crippen LogP contribution in [0.5, 0.6) is 0 Å². The van der Waals surface area contributed by atoms with E-state index in [0.717, 1.165) is 37.9 Å². The second kappa shape index (κ2) is 3.84. The first-order valence-electron chi connectivity index (χ1n) is 6.27. The highest BCUT2D eigenvalue weighted by atomic mass is 16.4. The van der Waals surface area contributed by atoms with Gasteiger partial charge in [0.2, 0.25) is 0 Å². The largest absolute Gasteiger partial charge is 0.481 e. The first kappa shape index (κ1) is 10.8. The van der Waals surface area contributed by atoms with Gasteiger partial charge in [0.15, 0.2) is 0 Å². The van der Waals surface area contributed by atoms with Crippen LogP contribution in [0, 0.1) is 0 Å². The lowest BCUT2D eigenvalue weighted by Crippen LogP contribution is -2.19. The Morgan fingerprint density at radius 3 is 2.82 bits per heavy atom.